The third-order valence-electron chi connectivity index (χ3n) is 5.43. The summed E-state index contributed by atoms with van der Waals surface area (Å²) in [5.74, 6) is 0.282. The van der Waals surface area contributed by atoms with Crippen LogP contribution in [0.3, 0.4) is 0 Å². The summed E-state index contributed by atoms with van der Waals surface area (Å²) in [6.07, 6.45) is 0. The topological polar surface area (TPSA) is 52.6 Å². The lowest BCUT2D eigenvalue weighted by Gasteiger charge is -2.21. The molecule has 4 nitrogen and oxygen atoms in total. The maximum absolute atomic E-state index is 12.0. The zero-order chi connectivity index (χ0) is 22.9. The summed E-state index contributed by atoms with van der Waals surface area (Å²) in [7, 11) is 0. The van der Waals surface area contributed by atoms with E-state index in [1.807, 2.05) is 53.7 Å². The van der Waals surface area contributed by atoms with Gasteiger partial charge in [-0.3, -0.25) is 0 Å². The van der Waals surface area contributed by atoms with Crippen molar-refractivity contribution >= 4 is 11.9 Å². The van der Waals surface area contributed by atoms with Crippen molar-refractivity contribution in [1.29, 1.82) is 0 Å². The lowest BCUT2D eigenvalue weighted by Crippen LogP contribution is -2.12. The van der Waals surface area contributed by atoms with E-state index in [9.17, 15) is 9.59 Å². The average molecular weight is 407 g/mol. The number of rotatable bonds is 5. The second-order valence-corrected chi connectivity index (χ2v) is 7.98. The molecule has 0 aromatic heterocycles. The quantitative estimate of drug-likeness (QED) is 0.339. The van der Waals surface area contributed by atoms with E-state index < -0.39 is 11.9 Å². The Kier molecular flexibility index (Phi) is 6.71. The van der Waals surface area contributed by atoms with Crippen LogP contribution < -0.4 is 9.47 Å². The SMILES string of the molecule is C=C(C)C(=O)Oc1c(C)cc(-c2cc(C)c(OC(=O)C(=C)C)c(C)c2C)c(C)c1C. The highest BCUT2D eigenvalue weighted by molar-refractivity contribution is 5.90. The molecule has 30 heavy (non-hydrogen) atoms. The van der Waals surface area contributed by atoms with Gasteiger partial charge in [0.05, 0.1) is 0 Å². The van der Waals surface area contributed by atoms with E-state index in [2.05, 4.69) is 13.2 Å². The number of benzene rings is 2. The molecule has 0 aliphatic heterocycles. The fraction of sp³-hybridized carbons (Fsp3) is 0.308. The summed E-state index contributed by atoms with van der Waals surface area (Å²) in [4.78, 5) is 24.1. The minimum atomic E-state index is -0.431. The molecule has 0 spiro atoms. The van der Waals surface area contributed by atoms with Crippen molar-refractivity contribution in [2.24, 2.45) is 0 Å². The maximum Gasteiger partial charge on any atom is 0.338 e. The molecule has 2 aromatic rings. The van der Waals surface area contributed by atoms with Crippen molar-refractivity contribution in [3.8, 4) is 22.6 Å². The minimum Gasteiger partial charge on any atom is -0.423 e. The number of hydrogen-bond acceptors (Lipinski definition) is 4. The monoisotopic (exact) mass is 406 g/mol. The van der Waals surface area contributed by atoms with Crippen LogP contribution in [0.15, 0.2) is 36.4 Å². The van der Waals surface area contributed by atoms with Gasteiger partial charge in [-0.25, -0.2) is 9.59 Å². The van der Waals surface area contributed by atoms with Gasteiger partial charge in [-0.05, 0) is 112 Å². The number of carbonyl (C=O) groups excluding carboxylic acids is 2. The summed E-state index contributed by atoms with van der Waals surface area (Å²) in [5.41, 5.74) is 8.44. The van der Waals surface area contributed by atoms with Crippen LogP contribution in [0.4, 0.5) is 0 Å². The summed E-state index contributed by atoms with van der Waals surface area (Å²) >= 11 is 0. The molecule has 0 aliphatic carbocycles. The highest BCUT2D eigenvalue weighted by atomic mass is 16.5. The molecule has 0 radical (unpaired) electrons. The minimum absolute atomic E-state index is 0.359. The molecule has 0 unspecified atom stereocenters. The zero-order valence-corrected chi connectivity index (χ0v) is 19.2. The largest absolute Gasteiger partial charge is 0.423 e. The molecular formula is C26H30O4. The molecule has 158 valence electrons. The lowest BCUT2D eigenvalue weighted by atomic mass is 9.88. The predicted molar refractivity (Wildman–Crippen MR) is 121 cm³/mol. The average Bonchev–Trinajstić information content (AvgIpc) is 2.67. The Morgan fingerprint density at radius 3 is 1.20 bits per heavy atom. The normalized spacial score (nSPS) is 10.5. The molecule has 0 saturated heterocycles. The number of aryl methyl sites for hydroxylation is 2. The molecule has 0 aliphatic rings. The molecule has 0 atom stereocenters. The lowest BCUT2D eigenvalue weighted by molar-refractivity contribution is -0.131. The van der Waals surface area contributed by atoms with Gasteiger partial charge < -0.3 is 9.47 Å². The van der Waals surface area contributed by atoms with Crippen molar-refractivity contribution < 1.29 is 19.1 Å². The van der Waals surface area contributed by atoms with Gasteiger partial charge in [-0.15, -0.1) is 0 Å². The molecular weight excluding hydrogens is 376 g/mol. The van der Waals surface area contributed by atoms with Gasteiger partial charge in [0, 0.05) is 11.1 Å². The molecule has 0 saturated carbocycles. The maximum atomic E-state index is 12.0. The third-order valence-corrected chi connectivity index (χ3v) is 5.43. The highest BCUT2D eigenvalue weighted by Crippen LogP contribution is 2.40. The Hall–Kier alpha value is -3.14. The molecule has 2 aromatic carbocycles. The zero-order valence-electron chi connectivity index (χ0n) is 19.2. The van der Waals surface area contributed by atoms with Gasteiger partial charge in [0.2, 0.25) is 0 Å². The number of carbonyl (C=O) groups is 2. The van der Waals surface area contributed by atoms with Gasteiger partial charge in [0.15, 0.2) is 0 Å². The van der Waals surface area contributed by atoms with Crippen molar-refractivity contribution in [3.05, 3.63) is 69.8 Å². The Morgan fingerprint density at radius 1 is 0.633 bits per heavy atom. The van der Waals surface area contributed by atoms with E-state index in [4.69, 9.17) is 9.47 Å². The van der Waals surface area contributed by atoms with Crippen LogP contribution in [0.2, 0.25) is 0 Å². The van der Waals surface area contributed by atoms with Crippen LogP contribution in [0.5, 0.6) is 11.5 Å². The van der Waals surface area contributed by atoms with Crippen molar-refractivity contribution in [2.75, 3.05) is 0 Å². The first-order chi connectivity index (χ1) is 13.9. The first-order valence-corrected chi connectivity index (χ1v) is 9.84. The van der Waals surface area contributed by atoms with Crippen molar-refractivity contribution in [1.82, 2.24) is 0 Å². The van der Waals surface area contributed by atoms with E-state index in [1.165, 1.54) is 0 Å². The Morgan fingerprint density at radius 2 is 0.933 bits per heavy atom. The highest BCUT2D eigenvalue weighted by Gasteiger charge is 2.20. The van der Waals surface area contributed by atoms with Crippen LogP contribution in [-0.2, 0) is 9.59 Å². The molecule has 2 rings (SSSR count). The number of ether oxygens (including phenoxy) is 2. The third kappa shape index (κ3) is 4.38. The number of hydrogen-bond donors (Lipinski definition) is 0. The van der Waals surface area contributed by atoms with Crippen LogP contribution in [-0.4, -0.2) is 11.9 Å². The fourth-order valence-electron chi connectivity index (χ4n) is 3.35. The van der Waals surface area contributed by atoms with Crippen LogP contribution in [0, 0.1) is 41.5 Å². The first kappa shape index (κ1) is 23.1. The second-order valence-electron chi connectivity index (χ2n) is 7.98. The van der Waals surface area contributed by atoms with E-state index in [1.54, 1.807) is 13.8 Å². The molecule has 0 bridgehead atoms. The predicted octanol–water partition coefficient (Wildman–Crippen LogP) is 6.17. The van der Waals surface area contributed by atoms with Crippen molar-refractivity contribution in [3.63, 3.8) is 0 Å². The summed E-state index contributed by atoms with van der Waals surface area (Å²) in [6, 6.07) is 4.06. The fourth-order valence-corrected chi connectivity index (χ4v) is 3.35. The van der Waals surface area contributed by atoms with E-state index >= 15 is 0 Å². The van der Waals surface area contributed by atoms with E-state index in [0.717, 1.165) is 44.5 Å². The molecule has 0 fully saturated rings. The van der Waals surface area contributed by atoms with E-state index in [-0.39, 0.29) is 0 Å². The molecule has 0 amide bonds. The molecule has 4 heteroatoms. The van der Waals surface area contributed by atoms with Gasteiger partial charge in [-0.2, -0.15) is 0 Å². The Bertz CT molecular complexity index is 1000. The van der Waals surface area contributed by atoms with Gasteiger partial charge >= 0.3 is 11.9 Å². The molecule has 0 heterocycles. The smallest absolute Gasteiger partial charge is 0.338 e. The first-order valence-electron chi connectivity index (χ1n) is 9.84. The van der Waals surface area contributed by atoms with Gasteiger partial charge in [0.25, 0.3) is 0 Å². The van der Waals surface area contributed by atoms with E-state index in [0.29, 0.717) is 22.6 Å². The summed E-state index contributed by atoms with van der Waals surface area (Å²) < 4.78 is 11.1. The Balaban J connectivity index is 2.62. The molecule has 0 N–H and O–H groups in total. The van der Waals surface area contributed by atoms with Gasteiger partial charge in [0.1, 0.15) is 11.5 Å². The van der Waals surface area contributed by atoms with Gasteiger partial charge in [-0.1, -0.05) is 13.2 Å². The Labute approximate surface area is 179 Å². The summed E-state index contributed by atoms with van der Waals surface area (Å²) in [5, 5.41) is 0. The number of esters is 2. The van der Waals surface area contributed by atoms with Crippen LogP contribution >= 0.6 is 0 Å². The van der Waals surface area contributed by atoms with Crippen molar-refractivity contribution in [2.45, 2.75) is 55.4 Å². The summed E-state index contributed by atoms with van der Waals surface area (Å²) in [6.45, 7) is 22.3. The van der Waals surface area contributed by atoms with Crippen LogP contribution in [0.25, 0.3) is 11.1 Å². The standard InChI is InChI=1S/C26H30O4/c1-13(2)25(27)29-23-15(5)11-21(17(7)19(23)9)22-12-16(6)24(20(10)18(22)8)30-26(28)14(3)4/h11-12H,1,3H2,2,4-10H3. The second kappa shape index (κ2) is 8.70. The van der Waals surface area contributed by atoms with Crippen LogP contribution in [0.1, 0.15) is 47.2 Å².